The van der Waals surface area contributed by atoms with Gasteiger partial charge in [0.25, 0.3) is 0 Å². The Bertz CT molecular complexity index is 1840. The molecule has 0 saturated carbocycles. The lowest BCUT2D eigenvalue weighted by Gasteiger charge is -2.28. The lowest BCUT2D eigenvalue weighted by Crippen LogP contribution is -2.57. The van der Waals surface area contributed by atoms with Crippen LogP contribution in [0, 0.1) is 0 Å². The number of carbonyl (C=O) groups excluding carboxylic acids is 5. The van der Waals surface area contributed by atoms with Gasteiger partial charge in [-0.15, -0.1) is 0 Å². The Morgan fingerprint density at radius 2 is 0.921 bits per heavy atom. The Morgan fingerprint density at radius 1 is 0.508 bits per heavy atom. The summed E-state index contributed by atoms with van der Waals surface area (Å²) in [5, 5.41) is 59.7. The quantitative estimate of drug-likeness (QED) is 0.0251. The van der Waals surface area contributed by atoms with Gasteiger partial charge in [-0.2, -0.15) is 0 Å². The Morgan fingerprint density at radius 3 is 1.37 bits per heavy atom. The Kier molecular flexibility index (Phi) is 23.6. The first-order valence-electron chi connectivity index (χ1n) is 19.6. The van der Waals surface area contributed by atoms with Crippen molar-refractivity contribution in [2.75, 3.05) is 72.0 Å². The predicted molar refractivity (Wildman–Crippen MR) is 220 cm³/mol. The third kappa shape index (κ3) is 23.0. The Balaban J connectivity index is 2.29. The maximum absolute atomic E-state index is 14.1. The number of hydrogen-bond donors (Lipinski definition) is 10. The summed E-state index contributed by atoms with van der Waals surface area (Å²) < 4.78 is 0. The Hall–Kier alpha value is -6.98. The van der Waals surface area contributed by atoms with Crippen molar-refractivity contribution in [2.45, 2.75) is 43.8 Å². The molecule has 0 bridgehead atoms. The summed E-state index contributed by atoms with van der Waals surface area (Å²) in [5.41, 5.74) is 1.16. The van der Waals surface area contributed by atoms with Crippen molar-refractivity contribution in [3.63, 3.8) is 0 Å². The van der Waals surface area contributed by atoms with Crippen molar-refractivity contribution in [1.29, 1.82) is 0 Å². The number of nitrogens with zero attached hydrogens (tertiary/aromatic N) is 3. The molecule has 2 aromatic carbocycles. The smallest absolute Gasteiger partial charge is 0.326 e. The van der Waals surface area contributed by atoms with Gasteiger partial charge in [0.1, 0.15) is 18.1 Å². The van der Waals surface area contributed by atoms with Crippen molar-refractivity contribution in [3.05, 3.63) is 71.8 Å². The van der Waals surface area contributed by atoms with E-state index in [4.69, 9.17) is 10.2 Å². The first kappa shape index (κ1) is 52.2. The molecule has 2 aromatic rings. The third-order valence-electron chi connectivity index (χ3n) is 9.07. The standard InChI is InChI=1S/C40H54N8O15/c49-26-41-13-14-42-32(50)12-11-29(40(62)63)44-39(61)31(20-28-9-5-2-6-10-28)45-38(60)30(19-27-7-3-1-4-8-27)43-33(51)21-47(23-35(54)55)17-15-46(22-34(52)53)16-18-48(24-36(56)57)25-37(58)59/h1-10,26,29-31H,11-25H2,(H,41,49)(H,42,50)(H,43,51)(H,44,61)(H,45,60)(H,52,53)(H,54,55)(H,56,57)(H,58,59)(H,62,63)/t29-,30?,31?/m1/s1. The molecule has 3 atom stereocenters. The van der Waals surface area contributed by atoms with Crippen molar-refractivity contribution in [3.8, 4) is 0 Å². The molecule has 63 heavy (non-hydrogen) atoms. The summed E-state index contributed by atoms with van der Waals surface area (Å²) in [4.78, 5) is 126. The molecular formula is C40H54N8O15. The van der Waals surface area contributed by atoms with Crippen LogP contribution in [0.3, 0.4) is 0 Å². The van der Waals surface area contributed by atoms with E-state index in [1.807, 2.05) is 0 Å². The van der Waals surface area contributed by atoms with Crippen LogP contribution < -0.4 is 26.6 Å². The van der Waals surface area contributed by atoms with E-state index in [1.165, 1.54) is 4.90 Å². The van der Waals surface area contributed by atoms with Gasteiger partial charge in [0.05, 0.1) is 32.7 Å². The monoisotopic (exact) mass is 886 g/mol. The van der Waals surface area contributed by atoms with E-state index < -0.39 is 104 Å². The minimum absolute atomic E-state index is 0.0879. The largest absolute Gasteiger partial charge is 0.480 e. The first-order valence-corrected chi connectivity index (χ1v) is 19.6. The molecule has 0 aliphatic carbocycles. The van der Waals surface area contributed by atoms with Crippen LogP contribution in [0.15, 0.2) is 60.7 Å². The molecule has 2 rings (SSSR count). The number of carboxylic acid groups (broad SMARTS) is 5. The molecule has 10 N–H and O–H groups in total. The summed E-state index contributed by atoms with van der Waals surface area (Å²) in [6, 6.07) is 12.6. The second-order valence-electron chi connectivity index (χ2n) is 14.2. The molecule has 0 saturated heterocycles. The fourth-order valence-electron chi connectivity index (χ4n) is 6.09. The normalized spacial score (nSPS) is 12.4. The van der Waals surface area contributed by atoms with Crippen LogP contribution in [0.5, 0.6) is 0 Å². The first-order chi connectivity index (χ1) is 29.9. The SMILES string of the molecule is O=CNCCNC(=O)CC[C@@H](NC(=O)C(Cc1ccccc1)NC(=O)C(Cc1ccccc1)NC(=O)CN(CCN(CCN(CC(=O)O)CC(=O)O)CC(=O)O)CC(=O)O)C(=O)O. The number of carboxylic acids is 5. The number of hydrogen-bond acceptors (Lipinski definition) is 13. The van der Waals surface area contributed by atoms with Crippen molar-refractivity contribution < 1.29 is 73.5 Å². The highest BCUT2D eigenvalue weighted by molar-refractivity contribution is 5.94. The van der Waals surface area contributed by atoms with Crippen LogP contribution in [0.25, 0.3) is 0 Å². The number of benzene rings is 2. The minimum atomic E-state index is -1.55. The van der Waals surface area contributed by atoms with Crippen LogP contribution in [0.2, 0.25) is 0 Å². The summed E-state index contributed by atoms with van der Waals surface area (Å²) in [5.74, 6) is -9.83. The van der Waals surface area contributed by atoms with Gasteiger partial charge in [-0.3, -0.25) is 57.9 Å². The molecule has 0 aromatic heterocycles. The molecule has 5 amide bonds. The second kappa shape index (κ2) is 28.5. The van der Waals surface area contributed by atoms with E-state index in [0.717, 1.165) is 9.80 Å². The van der Waals surface area contributed by atoms with Crippen LogP contribution in [0.1, 0.15) is 24.0 Å². The van der Waals surface area contributed by atoms with Gasteiger partial charge in [0, 0.05) is 58.5 Å². The molecule has 23 heteroatoms. The number of rotatable bonds is 33. The van der Waals surface area contributed by atoms with Gasteiger partial charge in [-0.25, -0.2) is 4.79 Å². The lowest BCUT2D eigenvalue weighted by atomic mass is 10.0. The lowest BCUT2D eigenvalue weighted by molar-refractivity contribution is -0.143. The van der Waals surface area contributed by atoms with Crippen LogP contribution >= 0.6 is 0 Å². The van der Waals surface area contributed by atoms with Crippen molar-refractivity contribution >= 4 is 59.9 Å². The van der Waals surface area contributed by atoms with E-state index in [2.05, 4.69) is 26.6 Å². The van der Waals surface area contributed by atoms with Gasteiger partial charge in [-0.05, 0) is 17.5 Å². The summed E-state index contributed by atoms with van der Waals surface area (Å²) in [6.45, 7) is -3.57. The van der Waals surface area contributed by atoms with E-state index in [9.17, 15) is 63.3 Å². The molecule has 2 unspecified atom stereocenters. The zero-order chi connectivity index (χ0) is 46.7. The topological polar surface area (TPSA) is 342 Å². The highest BCUT2D eigenvalue weighted by Crippen LogP contribution is 2.09. The number of carbonyl (C=O) groups is 10. The van der Waals surface area contributed by atoms with Crippen LogP contribution in [-0.2, 0) is 60.8 Å². The Labute approximate surface area is 361 Å². The molecule has 0 radical (unpaired) electrons. The maximum Gasteiger partial charge on any atom is 0.326 e. The van der Waals surface area contributed by atoms with E-state index in [1.54, 1.807) is 60.7 Å². The molecule has 344 valence electrons. The zero-order valence-electron chi connectivity index (χ0n) is 34.3. The van der Waals surface area contributed by atoms with E-state index in [0.29, 0.717) is 17.5 Å². The van der Waals surface area contributed by atoms with Gasteiger partial charge >= 0.3 is 29.8 Å². The number of amides is 5. The fraction of sp³-hybridized carbons (Fsp3) is 0.450. The highest BCUT2D eigenvalue weighted by atomic mass is 16.4. The van der Waals surface area contributed by atoms with Crippen molar-refractivity contribution in [2.24, 2.45) is 0 Å². The maximum atomic E-state index is 14.1. The summed E-state index contributed by atoms with van der Waals surface area (Å²) in [6.07, 6.45) is -0.397. The van der Waals surface area contributed by atoms with E-state index >= 15 is 0 Å². The molecule has 0 heterocycles. The molecule has 0 spiro atoms. The third-order valence-corrected chi connectivity index (χ3v) is 9.07. The van der Waals surface area contributed by atoms with Crippen LogP contribution in [0.4, 0.5) is 0 Å². The highest BCUT2D eigenvalue weighted by Gasteiger charge is 2.31. The van der Waals surface area contributed by atoms with Gasteiger partial charge in [0.15, 0.2) is 0 Å². The molecule has 0 aliphatic heterocycles. The number of nitrogens with one attached hydrogen (secondary N) is 5. The minimum Gasteiger partial charge on any atom is -0.480 e. The average molecular weight is 887 g/mol. The fourth-order valence-corrected chi connectivity index (χ4v) is 6.09. The van der Waals surface area contributed by atoms with Gasteiger partial charge in [0.2, 0.25) is 30.0 Å². The second-order valence-corrected chi connectivity index (χ2v) is 14.2. The molecule has 23 nitrogen and oxygen atoms in total. The number of aliphatic carboxylic acids is 5. The van der Waals surface area contributed by atoms with Crippen LogP contribution in [-0.4, -0.2) is 190 Å². The zero-order valence-corrected chi connectivity index (χ0v) is 34.3. The van der Waals surface area contributed by atoms with Crippen molar-refractivity contribution in [1.82, 2.24) is 41.3 Å². The summed E-state index contributed by atoms with van der Waals surface area (Å²) >= 11 is 0. The van der Waals surface area contributed by atoms with Gasteiger partial charge in [-0.1, -0.05) is 60.7 Å². The predicted octanol–water partition coefficient (Wildman–Crippen LogP) is -3.10. The molecule has 0 aliphatic rings. The summed E-state index contributed by atoms with van der Waals surface area (Å²) in [7, 11) is 0. The van der Waals surface area contributed by atoms with E-state index in [-0.39, 0.29) is 65.0 Å². The van der Waals surface area contributed by atoms with Gasteiger partial charge < -0.3 is 52.1 Å². The average Bonchev–Trinajstić information content (AvgIpc) is 3.21. The molecule has 0 fully saturated rings. The molecular weight excluding hydrogens is 832 g/mol.